The number of aryl methyl sites for hydroxylation is 1. The van der Waals surface area contributed by atoms with Crippen LogP contribution in [0.1, 0.15) is 11.3 Å². The molecular weight excluding hydrogens is 290 g/mol. The minimum absolute atomic E-state index is 0.986. The first-order valence-corrected chi connectivity index (χ1v) is 7.19. The lowest BCUT2D eigenvalue weighted by atomic mass is 10.2. The predicted molar refractivity (Wildman–Crippen MR) is 70.6 cm³/mol. The van der Waals surface area contributed by atoms with Crippen LogP contribution in [0.2, 0.25) is 0 Å². The molecule has 0 aliphatic carbocycles. The van der Waals surface area contributed by atoms with Crippen molar-refractivity contribution in [2.75, 3.05) is 0 Å². The average molecular weight is 300 g/mol. The number of aromatic nitrogens is 1. The fourth-order valence-corrected chi connectivity index (χ4v) is 3.19. The second-order valence-electron chi connectivity index (χ2n) is 3.17. The molecule has 0 aliphatic heterocycles. The van der Waals surface area contributed by atoms with E-state index in [9.17, 15) is 0 Å². The molecule has 1 aromatic heterocycles. The largest absolute Gasteiger partial charge is 0.235 e. The van der Waals surface area contributed by atoms with Crippen LogP contribution in [0, 0.1) is 6.92 Å². The third-order valence-electron chi connectivity index (χ3n) is 1.87. The molecule has 0 fully saturated rings. The Morgan fingerprint density at radius 2 is 2.07 bits per heavy atom. The lowest BCUT2D eigenvalue weighted by molar-refractivity contribution is 1.16. The van der Waals surface area contributed by atoms with Crippen molar-refractivity contribution in [2.24, 2.45) is 0 Å². The summed E-state index contributed by atoms with van der Waals surface area (Å²) >= 11 is 6.93. The minimum Gasteiger partial charge on any atom is -0.235 e. The Morgan fingerprint density at radius 3 is 2.67 bits per heavy atom. The quantitative estimate of drug-likeness (QED) is 0.774. The smallest absolute Gasteiger partial charge is 0.150 e. The van der Waals surface area contributed by atoms with Crippen molar-refractivity contribution in [1.29, 1.82) is 0 Å². The Labute approximate surface area is 106 Å². The molecular formula is C11H10BrNS2. The van der Waals surface area contributed by atoms with Crippen molar-refractivity contribution in [3.05, 3.63) is 45.4 Å². The summed E-state index contributed by atoms with van der Waals surface area (Å²) in [6.07, 6.45) is 0. The molecule has 2 aromatic rings. The summed E-state index contributed by atoms with van der Waals surface area (Å²) in [6, 6.07) is 8.42. The van der Waals surface area contributed by atoms with Crippen molar-refractivity contribution >= 4 is 39.0 Å². The lowest BCUT2D eigenvalue weighted by Crippen LogP contribution is -1.79. The topological polar surface area (TPSA) is 12.9 Å². The van der Waals surface area contributed by atoms with Crippen LogP contribution in [-0.2, 0) is 5.75 Å². The van der Waals surface area contributed by atoms with Crippen molar-refractivity contribution in [2.45, 2.75) is 17.0 Å². The zero-order valence-electron chi connectivity index (χ0n) is 8.24. The third kappa shape index (κ3) is 3.33. The molecule has 0 bridgehead atoms. The average Bonchev–Trinajstić information content (AvgIpc) is 2.64. The summed E-state index contributed by atoms with van der Waals surface area (Å²) in [4.78, 5) is 4.42. The fourth-order valence-electron chi connectivity index (χ4n) is 1.12. The van der Waals surface area contributed by atoms with Gasteiger partial charge < -0.3 is 0 Å². The number of halogens is 1. The number of thiazole rings is 1. The van der Waals surface area contributed by atoms with Gasteiger partial charge in [-0.3, -0.25) is 0 Å². The van der Waals surface area contributed by atoms with Gasteiger partial charge in [-0.05, 0) is 24.6 Å². The van der Waals surface area contributed by atoms with E-state index < -0.39 is 0 Å². The Balaban J connectivity index is 1.96. The number of hydrogen-bond donors (Lipinski definition) is 0. The monoisotopic (exact) mass is 299 g/mol. The molecule has 15 heavy (non-hydrogen) atoms. The molecule has 0 aliphatic rings. The zero-order valence-corrected chi connectivity index (χ0v) is 11.5. The van der Waals surface area contributed by atoms with Crippen molar-refractivity contribution in [3.63, 3.8) is 0 Å². The van der Waals surface area contributed by atoms with E-state index in [1.807, 2.05) is 6.92 Å². The van der Waals surface area contributed by atoms with E-state index in [0.717, 1.165) is 20.3 Å². The van der Waals surface area contributed by atoms with Crippen LogP contribution in [0.4, 0.5) is 0 Å². The first-order chi connectivity index (χ1) is 7.24. The molecule has 0 radical (unpaired) electrons. The number of thioether (sulfide) groups is 1. The second-order valence-corrected chi connectivity index (χ2v) is 6.17. The summed E-state index contributed by atoms with van der Waals surface area (Å²) in [6.45, 7) is 2.03. The van der Waals surface area contributed by atoms with E-state index in [1.165, 1.54) is 5.56 Å². The lowest BCUT2D eigenvalue weighted by Gasteiger charge is -1.98. The summed E-state index contributed by atoms with van der Waals surface area (Å²) in [7, 11) is 0. The van der Waals surface area contributed by atoms with Crippen LogP contribution < -0.4 is 0 Å². The highest BCUT2D eigenvalue weighted by Crippen LogP contribution is 2.26. The molecule has 0 spiro atoms. The maximum Gasteiger partial charge on any atom is 0.150 e. The molecule has 4 heteroatoms. The molecule has 0 atom stereocenters. The van der Waals surface area contributed by atoms with E-state index in [0.29, 0.717) is 0 Å². The summed E-state index contributed by atoms with van der Waals surface area (Å²) in [5, 5.41) is 2.09. The van der Waals surface area contributed by atoms with Gasteiger partial charge in [0.15, 0.2) is 0 Å². The van der Waals surface area contributed by atoms with Gasteiger partial charge in [-0.15, -0.1) is 11.3 Å². The molecule has 0 amide bonds. The van der Waals surface area contributed by atoms with Crippen LogP contribution in [-0.4, -0.2) is 4.98 Å². The molecule has 2 rings (SSSR count). The van der Waals surface area contributed by atoms with E-state index in [4.69, 9.17) is 0 Å². The number of rotatable bonds is 3. The standard InChI is InChI=1S/C11H10BrNS2/c1-8-6-14-11(13-8)15-7-9-2-4-10(12)5-3-9/h2-6H,7H2,1H3. The zero-order chi connectivity index (χ0) is 10.7. The highest BCUT2D eigenvalue weighted by atomic mass is 79.9. The summed E-state index contributed by atoms with van der Waals surface area (Å²) in [5.41, 5.74) is 2.44. The Kier molecular flexibility index (Phi) is 3.83. The first-order valence-electron chi connectivity index (χ1n) is 4.53. The van der Waals surface area contributed by atoms with Gasteiger partial charge in [-0.25, -0.2) is 4.98 Å². The summed E-state index contributed by atoms with van der Waals surface area (Å²) in [5.74, 6) is 0.986. The van der Waals surface area contributed by atoms with Crippen LogP contribution in [0.15, 0.2) is 38.5 Å². The minimum atomic E-state index is 0.986. The van der Waals surface area contributed by atoms with Gasteiger partial charge in [-0.1, -0.05) is 39.8 Å². The van der Waals surface area contributed by atoms with Gasteiger partial charge in [0.25, 0.3) is 0 Å². The van der Waals surface area contributed by atoms with Crippen molar-refractivity contribution in [1.82, 2.24) is 4.98 Å². The van der Waals surface area contributed by atoms with E-state index in [2.05, 4.69) is 50.6 Å². The molecule has 0 saturated heterocycles. The molecule has 1 nitrogen and oxygen atoms in total. The van der Waals surface area contributed by atoms with Crippen LogP contribution in [0.5, 0.6) is 0 Å². The molecule has 0 unspecified atom stereocenters. The third-order valence-corrected chi connectivity index (χ3v) is 4.61. The first kappa shape index (κ1) is 11.2. The maximum absolute atomic E-state index is 4.42. The molecule has 0 N–H and O–H groups in total. The van der Waals surface area contributed by atoms with E-state index >= 15 is 0 Å². The SMILES string of the molecule is Cc1csc(SCc2ccc(Br)cc2)n1. The second kappa shape index (κ2) is 5.14. The van der Waals surface area contributed by atoms with Gasteiger partial charge in [0.2, 0.25) is 0 Å². The number of benzene rings is 1. The van der Waals surface area contributed by atoms with Gasteiger partial charge in [0, 0.05) is 21.3 Å². The van der Waals surface area contributed by atoms with Crippen LogP contribution in [0.25, 0.3) is 0 Å². The highest BCUT2D eigenvalue weighted by Gasteiger charge is 2.00. The van der Waals surface area contributed by atoms with Crippen molar-refractivity contribution in [3.8, 4) is 0 Å². The predicted octanol–water partition coefficient (Wildman–Crippen LogP) is 4.51. The fraction of sp³-hybridized carbons (Fsp3) is 0.182. The summed E-state index contributed by atoms with van der Waals surface area (Å²) < 4.78 is 2.27. The van der Waals surface area contributed by atoms with Crippen molar-refractivity contribution < 1.29 is 0 Å². The molecule has 1 aromatic carbocycles. The number of hydrogen-bond acceptors (Lipinski definition) is 3. The highest BCUT2D eigenvalue weighted by molar-refractivity contribution is 9.10. The van der Waals surface area contributed by atoms with E-state index in [1.54, 1.807) is 23.1 Å². The number of nitrogens with zero attached hydrogens (tertiary/aromatic N) is 1. The van der Waals surface area contributed by atoms with E-state index in [-0.39, 0.29) is 0 Å². The molecule has 78 valence electrons. The van der Waals surface area contributed by atoms with Crippen LogP contribution in [0.3, 0.4) is 0 Å². The van der Waals surface area contributed by atoms with Gasteiger partial charge in [-0.2, -0.15) is 0 Å². The van der Waals surface area contributed by atoms with Gasteiger partial charge in [0.05, 0.1) is 0 Å². The molecule has 1 heterocycles. The van der Waals surface area contributed by atoms with Gasteiger partial charge >= 0.3 is 0 Å². The molecule has 0 saturated carbocycles. The normalized spacial score (nSPS) is 10.5. The Hall–Kier alpha value is -0.320. The Morgan fingerprint density at radius 1 is 1.33 bits per heavy atom. The maximum atomic E-state index is 4.42. The Bertz CT molecular complexity index is 436. The van der Waals surface area contributed by atoms with Gasteiger partial charge in [0.1, 0.15) is 4.34 Å². The van der Waals surface area contributed by atoms with Crippen LogP contribution >= 0.6 is 39.0 Å².